The average molecular weight is 425 g/mol. The van der Waals surface area contributed by atoms with Gasteiger partial charge < -0.3 is 19.6 Å². The zero-order valence-electron chi connectivity index (χ0n) is 18.7. The van der Waals surface area contributed by atoms with Crippen LogP contribution in [0.4, 0.5) is 5.69 Å². The molecule has 2 aliphatic rings. The van der Waals surface area contributed by atoms with E-state index in [0.717, 1.165) is 44.3 Å². The van der Waals surface area contributed by atoms with Gasteiger partial charge in [0.05, 0.1) is 0 Å². The summed E-state index contributed by atoms with van der Waals surface area (Å²) < 4.78 is 5.34. The van der Waals surface area contributed by atoms with Crippen molar-refractivity contribution in [3.05, 3.63) is 41.5 Å². The number of aromatic nitrogens is 2. The molecule has 0 radical (unpaired) electrons. The molecule has 1 unspecified atom stereocenters. The quantitative estimate of drug-likeness (QED) is 0.543. The number of rotatable bonds is 7. The highest BCUT2D eigenvalue weighted by molar-refractivity contribution is 5.98. The van der Waals surface area contributed by atoms with E-state index < -0.39 is 0 Å². The Hall–Kier alpha value is -2.90. The number of carbonyl (C=O) groups is 1. The predicted molar refractivity (Wildman–Crippen MR) is 120 cm³/mol. The van der Waals surface area contributed by atoms with Crippen molar-refractivity contribution in [2.24, 2.45) is 4.99 Å². The molecular formula is C23H32N6O2. The molecule has 0 saturated carbocycles. The summed E-state index contributed by atoms with van der Waals surface area (Å²) in [5, 5.41) is 7.47. The van der Waals surface area contributed by atoms with E-state index >= 15 is 0 Å². The number of hydrogen-bond donors (Lipinski definition) is 1. The largest absolute Gasteiger partial charge is 0.355 e. The zero-order chi connectivity index (χ0) is 21.8. The standard InChI is InChI=1S/C23H32N6O2/c1-16(2)22-26-20(31-27-22)10-12-25-23(24-3)29-15-17(18-7-4-5-8-19(18)29)11-14-28-13-6-9-21(28)30/h4-5,7-8,16-17H,6,9-15H2,1-3H3,(H,24,25). The lowest BCUT2D eigenvalue weighted by atomic mass is 9.98. The number of carbonyl (C=O) groups excluding carboxylic acids is 1. The summed E-state index contributed by atoms with van der Waals surface area (Å²) in [7, 11) is 1.81. The van der Waals surface area contributed by atoms with Gasteiger partial charge in [-0.25, -0.2) is 0 Å². The third kappa shape index (κ3) is 4.73. The Balaban J connectivity index is 1.38. The van der Waals surface area contributed by atoms with Crippen LogP contribution in [0, 0.1) is 0 Å². The molecule has 1 saturated heterocycles. The van der Waals surface area contributed by atoms with Crippen LogP contribution in [0.15, 0.2) is 33.8 Å². The van der Waals surface area contributed by atoms with Gasteiger partial charge in [0, 0.05) is 63.6 Å². The molecule has 4 rings (SSSR count). The van der Waals surface area contributed by atoms with Gasteiger partial charge in [-0.3, -0.25) is 9.79 Å². The second-order valence-corrected chi connectivity index (χ2v) is 8.56. The van der Waals surface area contributed by atoms with E-state index in [9.17, 15) is 4.79 Å². The van der Waals surface area contributed by atoms with Crippen molar-refractivity contribution in [2.75, 3.05) is 38.1 Å². The van der Waals surface area contributed by atoms with Crippen molar-refractivity contribution in [3.63, 3.8) is 0 Å². The Morgan fingerprint density at radius 1 is 1.35 bits per heavy atom. The van der Waals surface area contributed by atoms with Crippen LogP contribution in [-0.4, -0.2) is 60.1 Å². The van der Waals surface area contributed by atoms with Gasteiger partial charge in [0.1, 0.15) is 0 Å². The number of aliphatic imine (C=N–C) groups is 1. The molecule has 1 aromatic carbocycles. The number of fused-ring (bicyclic) bond motifs is 1. The summed E-state index contributed by atoms with van der Waals surface area (Å²) >= 11 is 0. The van der Waals surface area contributed by atoms with Crippen LogP contribution in [0.3, 0.4) is 0 Å². The number of anilines is 1. The van der Waals surface area contributed by atoms with Gasteiger partial charge in [-0.05, 0) is 24.5 Å². The van der Waals surface area contributed by atoms with Gasteiger partial charge >= 0.3 is 0 Å². The van der Waals surface area contributed by atoms with Crippen LogP contribution in [0.2, 0.25) is 0 Å². The molecule has 1 aromatic heterocycles. The smallest absolute Gasteiger partial charge is 0.228 e. The minimum absolute atomic E-state index is 0.257. The van der Waals surface area contributed by atoms with Gasteiger partial charge in [0.25, 0.3) is 0 Å². The summed E-state index contributed by atoms with van der Waals surface area (Å²) in [4.78, 5) is 25.2. The average Bonchev–Trinajstić information content (AvgIpc) is 3.49. The summed E-state index contributed by atoms with van der Waals surface area (Å²) in [6, 6.07) is 8.51. The third-order valence-corrected chi connectivity index (χ3v) is 6.08. The molecular weight excluding hydrogens is 392 g/mol. The van der Waals surface area contributed by atoms with Crippen LogP contribution in [0.25, 0.3) is 0 Å². The van der Waals surface area contributed by atoms with Gasteiger partial charge in [-0.2, -0.15) is 4.98 Å². The molecule has 0 spiro atoms. The fraction of sp³-hybridized carbons (Fsp3) is 0.565. The molecule has 0 bridgehead atoms. The molecule has 2 aliphatic heterocycles. The van der Waals surface area contributed by atoms with Crippen LogP contribution in [0.1, 0.15) is 62.2 Å². The van der Waals surface area contributed by atoms with Crippen LogP contribution < -0.4 is 10.2 Å². The molecule has 31 heavy (non-hydrogen) atoms. The first-order chi connectivity index (χ1) is 15.1. The highest BCUT2D eigenvalue weighted by Gasteiger charge is 2.32. The van der Waals surface area contributed by atoms with Crippen molar-refractivity contribution in [2.45, 2.75) is 51.4 Å². The molecule has 0 aliphatic carbocycles. The van der Waals surface area contributed by atoms with Gasteiger partial charge in [-0.1, -0.05) is 37.2 Å². The molecule has 1 fully saturated rings. The number of amides is 1. The van der Waals surface area contributed by atoms with Crippen molar-refractivity contribution in [1.29, 1.82) is 0 Å². The molecule has 8 nitrogen and oxygen atoms in total. The summed E-state index contributed by atoms with van der Waals surface area (Å²) in [5.74, 6) is 3.16. The lowest BCUT2D eigenvalue weighted by Gasteiger charge is -2.23. The van der Waals surface area contributed by atoms with Crippen molar-refractivity contribution in [1.82, 2.24) is 20.4 Å². The van der Waals surface area contributed by atoms with Crippen LogP contribution in [0.5, 0.6) is 0 Å². The first-order valence-corrected chi connectivity index (χ1v) is 11.2. The highest BCUT2D eigenvalue weighted by atomic mass is 16.5. The van der Waals surface area contributed by atoms with Gasteiger partial charge in [0.2, 0.25) is 11.8 Å². The molecule has 166 valence electrons. The lowest BCUT2D eigenvalue weighted by molar-refractivity contribution is -0.127. The lowest BCUT2D eigenvalue weighted by Crippen LogP contribution is -2.42. The first-order valence-electron chi connectivity index (χ1n) is 11.2. The summed E-state index contributed by atoms with van der Waals surface area (Å²) in [6.45, 7) is 7.35. The second kappa shape index (κ2) is 9.49. The number of para-hydroxylation sites is 1. The first kappa shape index (κ1) is 21.3. The number of hydrogen-bond acceptors (Lipinski definition) is 5. The van der Waals surface area contributed by atoms with Gasteiger partial charge in [0.15, 0.2) is 11.8 Å². The van der Waals surface area contributed by atoms with E-state index in [4.69, 9.17) is 4.52 Å². The van der Waals surface area contributed by atoms with Crippen molar-refractivity contribution in [3.8, 4) is 0 Å². The number of likely N-dealkylation sites (tertiary alicyclic amines) is 1. The Morgan fingerprint density at radius 3 is 2.90 bits per heavy atom. The number of nitrogens with one attached hydrogen (secondary N) is 1. The summed E-state index contributed by atoms with van der Waals surface area (Å²) in [6.07, 6.45) is 3.30. The highest BCUT2D eigenvalue weighted by Crippen LogP contribution is 2.38. The second-order valence-electron chi connectivity index (χ2n) is 8.56. The molecule has 1 N–H and O–H groups in total. The van der Waals surface area contributed by atoms with E-state index in [-0.39, 0.29) is 5.92 Å². The van der Waals surface area contributed by atoms with E-state index in [1.165, 1.54) is 11.3 Å². The molecule has 1 amide bonds. The van der Waals surface area contributed by atoms with E-state index in [1.54, 1.807) is 0 Å². The van der Waals surface area contributed by atoms with Crippen molar-refractivity contribution >= 4 is 17.6 Å². The molecule has 3 heterocycles. The predicted octanol–water partition coefficient (Wildman–Crippen LogP) is 2.93. The maximum Gasteiger partial charge on any atom is 0.228 e. The monoisotopic (exact) mass is 424 g/mol. The normalized spacial score (nSPS) is 18.9. The Labute approximate surface area is 183 Å². The minimum atomic E-state index is 0.257. The molecule has 2 aromatic rings. The Bertz CT molecular complexity index is 938. The van der Waals surface area contributed by atoms with Crippen molar-refractivity contribution < 1.29 is 9.32 Å². The minimum Gasteiger partial charge on any atom is -0.355 e. The van der Waals surface area contributed by atoms with Crippen LogP contribution >= 0.6 is 0 Å². The Morgan fingerprint density at radius 2 is 2.19 bits per heavy atom. The molecule has 8 heteroatoms. The molecule has 1 atom stereocenters. The fourth-order valence-electron chi connectivity index (χ4n) is 4.38. The van der Waals surface area contributed by atoms with E-state index in [0.29, 0.717) is 37.1 Å². The maximum atomic E-state index is 12.0. The summed E-state index contributed by atoms with van der Waals surface area (Å²) in [5.41, 5.74) is 2.52. The number of guanidine groups is 1. The zero-order valence-corrected chi connectivity index (χ0v) is 18.7. The number of benzene rings is 1. The van der Waals surface area contributed by atoms with Gasteiger partial charge in [-0.15, -0.1) is 0 Å². The van der Waals surface area contributed by atoms with E-state index in [1.807, 2.05) is 11.9 Å². The SMILES string of the molecule is CN=C(NCCc1nc(C(C)C)no1)N1CC(CCN2CCCC2=O)c2ccccc21. The van der Waals surface area contributed by atoms with Crippen LogP contribution in [-0.2, 0) is 11.2 Å². The topological polar surface area (TPSA) is 86.9 Å². The fourth-order valence-corrected chi connectivity index (χ4v) is 4.38. The van der Waals surface area contributed by atoms with E-state index in [2.05, 4.69) is 63.5 Å². The third-order valence-electron chi connectivity index (χ3n) is 6.08. The number of nitrogens with zero attached hydrogens (tertiary/aromatic N) is 5. The maximum absolute atomic E-state index is 12.0. The Kier molecular flexibility index (Phi) is 6.53.